The number of rotatable bonds is 5. The molecule has 8 nitrogen and oxygen atoms in total. The average Bonchev–Trinajstić information content (AvgIpc) is 3.09. The van der Waals surface area contributed by atoms with Crippen LogP contribution in [0.1, 0.15) is 23.6 Å². The lowest BCUT2D eigenvalue weighted by Gasteiger charge is -2.24. The zero-order valence-corrected chi connectivity index (χ0v) is 15.6. The van der Waals surface area contributed by atoms with Crippen LogP contribution in [0.2, 0.25) is 0 Å². The maximum atomic E-state index is 13.8. The van der Waals surface area contributed by atoms with Gasteiger partial charge in [0.25, 0.3) is 0 Å². The predicted octanol–water partition coefficient (Wildman–Crippen LogP) is 0.998. The van der Waals surface area contributed by atoms with Gasteiger partial charge in [-0.05, 0) is 19.1 Å². The average molecular weight is 377 g/mol. The van der Waals surface area contributed by atoms with E-state index in [4.69, 9.17) is 9.47 Å². The molecule has 0 saturated heterocycles. The number of halogens is 1. The molecule has 3 N–H and O–H groups in total. The Hall–Kier alpha value is -2.65. The van der Waals surface area contributed by atoms with Crippen LogP contribution in [-0.4, -0.2) is 41.2 Å². The van der Waals surface area contributed by atoms with E-state index < -0.39 is 5.60 Å². The molecule has 3 rings (SSSR count). The fourth-order valence-electron chi connectivity index (χ4n) is 2.84. The Morgan fingerprint density at radius 2 is 2.26 bits per heavy atom. The predicted molar refractivity (Wildman–Crippen MR) is 97.7 cm³/mol. The summed E-state index contributed by atoms with van der Waals surface area (Å²) in [5.41, 5.74) is 0.931. The SMILES string of the molecule is CN=C(NCc1cc(F)cc2c1OCOC2)NCC(C)(O)c1cnn(C)c1. The number of benzene rings is 1. The topological polar surface area (TPSA) is 92.9 Å². The van der Waals surface area contributed by atoms with E-state index in [2.05, 4.69) is 20.7 Å². The second-order valence-electron chi connectivity index (χ2n) is 6.62. The van der Waals surface area contributed by atoms with Crippen molar-refractivity contribution in [2.24, 2.45) is 12.0 Å². The van der Waals surface area contributed by atoms with Crippen LogP contribution in [-0.2, 0) is 30.5 Å². The number of fused-ring (bicyclic) bond motifs is 1. The van der Waals surface area contributed by atoms with Crippen molar-refractivity contribution in [3.63, 3.8) is 0 Å². The fraction of sp³-hybridized carbons (Fsp3) is 0.444. The van der Waals surface area contributed by atoms with Crippen molar-refractivity contribution in [3.05, 3.63) is 47.0 Å². The normalized spacial score (nSPS) is 16.3. The van der Waals surface area contributed by atoms with Crippen LogP contribution in [0, 0.1) is 5.82 Å². The van der Waals surface area contributed by atoms with Gasteiger partial charge in [-0.25, -0.2) is 4.39 Å². The Bertz CT molecular complexity index is 834. The number of nitrogens with one attached hydrogen (secondary N) is 2. The van der Waals surface area contributed by atoms with E-state index in [0.29, 0.717) is 41.6 Å². The number of guanidine groups is 1. The number of ether oxygens (including phenoxy) is 2. The highest BCUT2D eigenvalue weighted by Gasteiger charge is 2.25. The van der Waals surface area contributed by atoms with E-state index in [-0.39, 0.29) is 19.2 Å². The van der Waals surface area contributed by atoms with Gasteiger partial charge >= 0.3 is 0 Å². The van der Waals surface area contributed by atoms with E-state index in [1.165, 1.54) is 12.1 Å². The van der Waals surface area contributed by atoms with Crippen molar-refractivity contribution in [1.29, 1.82) is 0 Å². The summed E-state index contributed by atoms with van der Waals surface area (Å²) >= 11 is 0. The van der Waals surface area contributed by atoms with Crippen molar-refractivity contribution in [1.82, 2.24) is 20.4 Å². The molecule has 1 unspecified atom stereocenters. The maximum Gasteiger partial charge on any atom is 0.191 e. The zero-order valence-electron chi connectivity index (χ0n) is 15.6. The summed E-state index contributed by atoms with van der Waals surface area (Å²) in [6.45, 7) is 2.70. The van der Waals surface area contributed by atoms with Gasteiger partial charge < -0.3 is 25.2 Å². The van der Waals surface area contributed by atoms with E-state index in [9.17, 15) is 9.50 Å². The van der Waals surface area contributed by atoms with Gasteiger partial charge in [0, 0.05) is 43.5 Å². The number of aromatic nitrogens is 2. The highest BCUT2D eigenvalue weighted by Crippen LogP contribution is 2.29. The Morgan fingerprint density at radius 1 is 1.44 bits per heavy atom. The standard InChI is InChI=1S/C18H24FN5O3/c1-18(25,14-7-23-24(3)8-14)10-22-17(20-2)21-6-12-4-15(19)5-13-9-26-11-27-16(12)13/h4-5,7-8,25H,6,9-11H2,1-3H3,(H2,20,21,22). The molecule has 1 atom stereocenters. The van der Waals surface area contributed by atoms with Gasteiger partial charge in [0.1, 0.15) is 17.2 Å². The van der Waals surface area contributed by atoms with Gasteiger partial charge in [0.05, 0.1) is 19.3 Å². The molecule has 0 saturated carbocycles. The summed E-state index contributed by atoms with van der Waals surface area (Å²) in [4.78, 5) is 4.14. The molecule has 0 bridgehead atoms. The van der Waals surface area contributed by atoms with Crippen molar-refractivity contribution in [2.45, 2.75) is 25.7 Å². The molecule has 1 aliphatic heterocycles. The fourth-order valence-corrected chi connectivity index (χ4v) is 2.84. The second-order valence-corrected chi connectivity index (χ2v) is 6.62. The van der Waals surface area contributed by atoms with Crippen LogP contribution in [0.15, 0.2) is 29.5 Å². The monoisotopic (exact) mass is 377 g/mol. The summed E-state index contributed by atoms with van der Waals surface area (Å²) < 4.78 is 26.2. The lowest BCUT2D eigenvalue weighted by molar-refractivity contribution is -0.0173. The Balaban J connectivity index is 1.62. The van der Waals surface area contributed by atoms with Gasteiger partial charge in [-0.2, -0.15) is 5.10 Å². The minimum atomic E-state index is -1.12. The summed E-state index contributed by atoms with van der Waals surface area (Å²) in [6, 6.07) is 2.84. The molecule has 1 aliphatic rings. The molecular formula is C18H24FN5O3. The second kappa shape index (κ2) is 7.93. The van der Waals surface area contributed by atoms with Crippen molar-refractivity contribution in [2.75, 3.05) is 20.4 Å². The summed E-state index contributed by atoms with van der Waals surface area (Å²) in [5, 5.41) is 20.9. The molecule has 0 fully saturated rings. The van der Waals surface area contributed by atoms with Crippen LogP contribution in [0.5, 0.6) is 5.75 Å². The zero-order chi connectivity index (χ0) is 19.4. The number of aliphatic imine (C=N–C) groups is 1. The van der Waals surface area contributed by atoms with Gasteiger partial charge in [0.2, 0.25) is 0 Å². The van der Waals surface area contributed by atoms with E-state index in [0.717, 1.165) is 0 Å². The molecule has 1 aromatic carbocycles. The van der Waals surface area contributed by atoms with Crippen LogP contribution < -0.4 is 15.4 Å². The van der Waals surface area contributed by atoms with Crippen molar-refractivity contribution < 1.29 is 19.0 Å². The highest BCUT2D eigenvalue weighted by molar-refractivity contribution is 5.79. The lowest BCUT2D eigenvalue weighted by atomic mass is 10.00. The molecule has 2 heterocycles. The summed E-state index contributed by atoms with van der Waals surface area (Å²) in [6.07, 6.45) is 3.38. The van der Waals surface area contributed by atoms with Crippen molar-refractivity contribution >= 4 is 5.96 Å². The van der Waals surface area contributed by atoms with E-state index >= 15 is 0 Å². The van der Waals surface area contributed by atoms with Crippen LogP contribution in [0.3, 0.4) is 0 Å². The summed E-state index contributed by atoms with van der Waals surface area (Å²) in [5.74, 6) is 0.763. The first-order valence-electron chi connectivity index (χ1n) is 8.57. The van der Waals surface area contributed by atoms with Crippen LogP contribution in [0.25, 0.3) is 0 Å². The van der Waals surface area contributed by atoms with Gasteiger partial charge in [-0.15, -0.1) is 0 Å². The first-order valence-corrected chi connectivity index (χ1v) is 8.57. The highest BCUT2D eigenvalue weighted by atomic mass is 19.1. The van der Waals surface area contributed by atoms with Gasteiger partial charge in [-0.1, -0.05) is 0 Å². The Labute approximate surface area is 157 Å². The lowest BCUT2D eigenvalue weighted by Crippen LogP contribution is -2.44. The van der Waals surface area contributed by atoms with Crippen molar-refractivity contribution in [3.8, 4) is 5.75 Å². The molecular weight excluding hydrogens is 353 g/mol. The number of aliphatic hydroxyl groups is 1. The van der Waals surface area contributed by atoms with E-state index in [1.54, 1.807) is 38.1 Å². The minimum absolute atomic E-state index is 0.145. The minimum Gasteiger partial charge on any atom is -0.467 e. The molecule has 0 radical (unpaired) electrons. The molecule has 0 spiro atoms. The summed E-state index contributed by atoms with van der Waals surface area (Å²) in [7, 11) is 3.42. The third-order valence-corrected chi connectivity index (χ3v) is 4.35. The first-order chi connectivity index (χ1) is 12.9. The molecule has 146 valence electrons. The smallest absolute Gasteiger partial charge is 0.191 e. The van der Waals surface area contributed by atoms with Crippen LogP contribution in [0.4, 0.5) is 4.39 Å². The molecule has 0 amide bonds. The number of hydrogen-bond acceptors (Lipinski definition) is 5. The quantitative estimate of drug-likeness (QED) is 0.532. The van der Waals surface area contributed by atoms with Gasteiger partial charge in [-0.3, -0.25) is 9.67 Å². The molecule has 27 heavy (non-hydrogen) atoms. The molecule has 9 heteroatoms. The molecule has 0 aliphatic carbocycles. The Kier molecular flexibility index (Phi) is 5.62. The number of aryl methyl sites for hydroxylation is 1. The molecule has 2 aromatic rings. The van der Waals surface area contributed by atoms with Crippen LogP contribution >= 0.6 is 0 Å². The first kappa shape index (κ1) is 19.1. The van der Waals surface area contributed by atoms with Gasteiger partial charge in [0.15, 0.2) is 12.8 Å². The Morgan fingerprint density at radius 3 is 2.96 bits per heavy atom. The number of nitrogens with zero attached hydrogens (tertiary/aromatic N) is 3. The number of hydrogen-bond donors (Lipinski definition) is 3. The van der Waals surface area contributed by atoms with E-state index in [1.807, 2.05) is 0 Å². The largest absolute Gasteiger partial charge is 0.467 e. The maximum absolute atomic E-state index is 13.8. The third kappa shape index (κ3) is 4.55. The third-order valence-electron chi connectivity index (χ3n) is 4.35. The molecule has 1 aromatic heterocycles.